The predicted molar refractivity (Wildman–Crippen MR) is 75.6 cm³/mol. The lowest BCUT2D eigenvalue weighted by Gasteiger charge is -2.35. The van der Waals surface area contributed by atoms with Crippen molar-refractivity contribution in [3.05, 3.63) is 22.7 Å². The molecule has 1 heterocycles. The van der Waals surface area contributed by atoms with Gasteiger partial charge in [0, 0.05) is 28.2 Å². The van der Waals surface area contributed by atoms with Crippen LogP contribution in [-0.2, 0) is 0 Å². The Bertz CT molecular complexity index is 370. The maximum absolute atomic E-state index is 3.54. The van der Waals surface area contributed by atoms with Crippen molar-refractivity contribution >= 4 is 33.4 Å². The van der Waals surface area contributed by atoms with E-state index in [9.17, 15) is 0 Å². The Morgan fingerprint density at radius 3 is 3.12 bits per heavy atom. The van der Waals surface area contributed by atoms with E-state index in [1.54, 1.807) is 0 Å². The fourth-order valence-electron chi connectivity index (χ4n) is 1.97. The van der Waals surface area contributed by atoms with Crippen molar-refractivity contribution < 1.29 is 0 Å². The highest BCUT2D eigenvalue weighted by Gasteiger charge is 2.23. The Morgan fingerprint density at radius 1 is 1.56 bits per heavy atom. The summed E-state index contributed by atoms with van der Waals surface area (Å²) < 4.78 is 1.16. The first kappa shape index (κ1) is 12.3. The molecule has 1 aromatic rings. The molecular weight excluding hydrogens is 284 g/mol. The maximum atomic E-state index is 3.54. The zero-order chi connectivity index (χ0) is 11.5. The van der Waals surface area contributed by atoms with Crippen LogP contribution >= 0.6 is 27.7 Å². The van der Waals surface area contributed by atoms with Crippen LogP contribution in [0.1, 0.15) is 6.42 Å². The second kappa shape index (κ2) is 5.43. The monoisotopic (exact) mass is 300 g/mol. The molecule has 0 aliphatic carbocycles. The Balaban J connectivity index is 2.17. The van der Waals surface area contributed by atoms with E-state index in [-0.39, 0.29) is 0 Å². The summed E-state index contributed by atoms with van der Waals surface area (Å²) >= 11 is 5.51. The highest BCUT2D eigenvalue weighted by atomic mass is 79.9. The molecule has 1 N–H and O–H groups in total. The highest BCUT2D eigenvalue weighted by molar-refractivity contribution is 9.10. The van der Waals surface area contributed by atoms with E-state index in [4.69, 9.17) is 0 Å². The molecule has 0 bridgehead atoms. The Hall–Kier alpha value is -0.190. The Morgan fingerprint density at radius 2 is 2.38 bits per heavy atom. The molecule has 88 valence electrons. The van der Waals surface area contributed by atoms with Gasteiger partial charge in [0.25, 0.3) is 0 Å². The van der Waals surface area contributed by atoms with Crippen molar-refractivity contribution in [3.8, 4) is 0 Å². The average Bonchev–Trinajstić information content (AvgIpc) is 2.29. The molecular formula is C12H17BrN2S. The molecule has 1 unspecified atom stereocenters. The van der Waals surface area contributed by atoms with Gasteiger partial charge in [-0.05, 0) is 38.2 Å². The number of nitrogens with zero attached hydrogens (tertiary/aromatic N) is 1. The third-order valence-electron chi connectivity index (χ3n) is 3.01. The van der Waals surface area contributed by atoms with Crippen molar-refractivity contribution in [2.24, 2.45) is 0 Å². The summed E-state index contributed by atoms with van der Waals surface area (Å²) in [6, 6.07) is 7.18. The first-order valence-electron chi connectivity index (χ1n) is 5.52. The standard InChI is InChI=1S/C12H17BrN2S/c1-14-6-5-10-8-16-12-4-3-9(13)7-11(12)15(10)2/h3-4,7,10,14H,5-6,8H2,1-2H3. The van der Waals surface area contributed by atoms with Crippen LogP contribution in [0.2, 0.25) is 0 Å². The summed E-state index contributed by atoms with van der Waals surface area (Å²) in [6.45, 7) is 1.08. The van der Waals surface area contributed by atoms with Gasteiger partial charge in [0.2, 0.25) is 0 Å². The number of anilines is 1. The van der Waals surface area contributed by atoms with Crippen LogP contribution in [0, 0.1) is 0 Å². The van der Waals surface area contributed by atoms with E-state index in [0.717, 1.165) is 11.0 Å². The Kier molecular flexibility index (Phi) is 4.16. The molecule has 1 aromatic carbocycles. The summed E-state index contributed by atoms with van der Waals surface area (Å²) in [6.07, 6.45) is 1.20. The van der Waals surface area contributed by atoms with Crippen molar-refractivity contribution in [2.45, 2.75) is 17.4 Å². The number of halogens is 1. The van der Waals surface area contributed by atoms with Gasteiger partial charge >= 0.3 is 0 Å². The predicted octanol–water partition coefficient (Wildman–Crippen LogP) is 2.97. The average molecular weight is 301 g/mol. The number of fused-ring (bicyclic) bond motifs is 1. The molecule has 0 saturated carbocycles. The summed E-state index contributed by atoms with van der Waals surface area (Å²) in [5.41, 5.74) is 1.35. The van der Waals surface area contributed by atoms with Gasteiger partial charge in [0.05, 0.1) is 5.69 Å². The lowest BCUT2D eigenvalue weighted by atomic mass is 10.1. The molecule has 1 atom stereocenters. The van der Waals surface area contributed by atoms with E-state index in [2.05, 4.69) is 51.4 Å². The van der Waals surface area contributed by atoms with Gasteiger partial charge in [-0.15, -0.1) is 11.8 Å². The van der Waals surface area contributed by atoms with Crippen molar-refractivity contribution in [1.29, 1.82) is 0 Å². The fourth-order valence-corrected chi connectivity index (χ4v) is 3.60. The topological polar surface area (TPSA) is 15.3 Å². The summed E-state index contributed by atoms with van der Waals surface area (Å²) in [7, 11) is 4.21. The first-order chi connectivity index (χ1) is 7.72. The van der Waals surface area contributed by atoms with Crippen molar-refractivity contribution in [3.63, 3.8) is 0 Å². The smallest absolute Gasteiger partial charge is 0.0515 e. The highest BCUT2D eigenvalue weighted by Crippen LogP contribution is 2.38. The van der Waals surface area contributed by atoms with Crippen LogP contribution in [-0.4, -0.2) is 32.4 Å². The largest absolute Gasteiger partial charge is 0.370 e. The summed E-state index contributed by atoms with van der Waals surface area (Å²) in [4.78, 5) is 3.81. The second-order valence-electron chi connectivity index (χ2n) is 4.08. The fraction of sp³-hybridized carbons (Fsp3) is 0.500. The maximum Gasteiger partial charge on any atom is 0.0515 e. The van der Waals surface area contributed by atoms with E-state index in [0.29, 0.717) is 6.04 Å². The number of rotatable bonds is 3. The minimum atomic E-state index is 0.638. The van der Waals surface area contributed by atoms with Gasteiger partial charge in [-0.3, -0.25) is 0 Å². The van der Waals surface area contributed by atoms with Gasteiger partial charge < -0.3 is 10.2 Å². The zero-order valence-corrected chi connectivity index (χ0v) is 12.1. The van der Waals surface area contributed by atoms with Gasteiger partial charge in [0.15, 0.2) is 0 Å². The quantitative estimate of drug-likeness (QED) is 0.924. The molecule has 0 amide bonds. The third kappa shape index (κ3) is 2.55. The molecule has 4 heteroatoms. The number of benzene rings is 1. The minimum absolute atomic E-state index is 0.638. The number of nitrogens with one attached hydrogen (secondary N) is 1. The molecule has 0 aromatic heterocycles. The van der Waals surface area contributed by atoms with Crippen molar-refractivity contribution in [2.75, 3.05) is 31.3 Å². The first-order valence-corrected chi connectivity index (χ1v) is 7.30. The van der Waals surface area contributed by atoms with Gasteiger partial charge in [-0.1, -0.05) is 15.9 Å². The Labute approximate surface area is 110 Å². The molecule has 16 heavy (non-hydrogen) atoms. The number of hydrogen-bond donors (Lipinski definition) is 1. The van der Waals surface area contributed by atoms with Crippen LogP contribution in [0.15, 0.2) is 27.6 Å². The number of hydrogen-bond acceptors (Lipinski definition) is 3. The van der Waals surface area contributed by atoms with Crippen LogP contribution in [0.3, 0.4) is 0 Å². The molecule has 1 aliphatic rings. The third-order valence-corrected chi connectivity index (χ3v) is 4.71. The molecule has 2 nitrogen and oxygen atoms in total. The lowest BCUT2D eigenvalue weighted by molar-refractivity contribution is 0.598. The summed E-state index contributed by atoms with van der Waals surface area (Å²) in [5, 5.41) is 3.23. The van der Waals surface area contributed by atoms with Gasteiger partial charge in [0.1, 0.15) is 0 Å². The molecule has 0 saturated heterocycles. The van der Waals surface area contributed by atoms with Gasteiger partial charge in [-0.25, -0.2) is 0 Å². The second-order valence-corrected chi connectivity index (χ2v) is 6.06. The van der Waals surface area contributed by atoms with E-state index < -0.39 is 0 Å². The molecule has 0 fully saturated rings. The molecule has 2 rings (SSSR count). The normalized spacial score (nSPS) is 19.7. The van der Waals surface area contributed by atoms with E-state index in [1.807, 2.05) is 18.8 Å². The van der Waals surface area contributed by atoms with Crippen LogP contribution < -0.4 is 10.2 Å². The van der Waals surface area contributed by atoms with Crippen molar-refractivity contribution in [1.82, 2.24) is 5.32 Å². The zero-order valence-electron chi connectivity index (χ0n) is 9.66. The van der Waals surface area contributed by atoms with Crippen LogP contribution in [0.4, 0.5) is 5.69 Å². The summed E-state index contributed by atoms with van der Waals surface area (Å²) in [5.74, 6) is 1.19. The lowest BCUT2D eigenvalue weighted by Crippen LogP contribution is -2.38. The SMILES string of the molecule is CNCCC1CSc2ccc(Br)cc2N1C. The molecule has 0 spiro atoms. The number of thioether (sulfide) groups is 1. The molecule has 1 aliphatic heterocycles. The molecule has 0 radical (unpaired) electrons. The van der Waals surface area contributed by atoms with E-state index >= 15 is 0 Å². The minimum Gasteiger partial charge on any atom is -0.370 e. The van der Waals surface area contributed by atoms with Gasteiger partial charge in [-0.2, -0.15) is 0 Å². The van der Waals surface area contributed by atoms with E-state index in [1.165, 1.54) is 22.8 Å². The van der Waals surface area contributed by atoms with Crippen LogP contribution in [0.25, 0.3) is 0 Å². The van der Waals surface area contributed by atoms with Crippen LogP contribution in [0.5, 0.6) is 0 Å².